The Morgan fingerprint density at radius 3 is 2.45 bits per heavy atom. The number of fused-ring (bicyclic) bond motifs is 1. The summed E-state index contributed by atoms with van der Waals surface area (Å²) in [6.07, 6.45) is 0. The highest BCUT2D eigenvalue weighted by Crippen LogP contribution is 2.34. The second-order valence-corrected chi connectivity index (χ2v) is 4.65. The second-order valence-electron chi connectivity index (χ2n) is 4.65. The maximum absolute atomic E-state index is 12.1. The Morgan fingerprint density at radius 1 is 1.00 bits per heavy atom. The highest BCUT2D eigenvalue weighted by Gasteiger charge is 2.17. The lowest BCUT2D eigenvalue weighted by Crippen LogP contribution is -2.07. The summed E-state index contributed by atoms with van der Waals surface area (Å²) in [5.74, 6) is -2.11. The third kappa shape index (κ3) is 2.07. The molecule has 3 rings (SSSR count). The van der Waals surface area contributed by atoms with Crippen molar-refractivity contribution in [2.45, 2.75) is 0 Å². The first-order chi connectivity index (χ1) is 10.5. The Hall–Kier alpha value is -3.28. The van der Waals surface area contributed by atoms with Crippen molar-refractivity contribution < 1.29 is 24.5 Å². The van der Waals surface area contributed by atoms with Crippen LogP contribution in [0.3, 0.4) is 0 Å². The van der Waals surface area contributed by atoms with Gasteiger partial charge >= 0.3 is 11.6 Å². The molecule has 22 heavy (non-hydrogen) atoms. The number of phenols is 2. The molecule has 0 fully saturated rings. The molecule has 0 aliphatic heterocycles. The van der Waals surface area contributed by atoms with Crippen LogP contribution in [0, 0.1) is 0 Å². The zero-order valence-corrected chi connectivity index (χ0v) is 11.1. The van der Waals surface area contributed by atoms with Gasteiger partial charge in [0.1, 0.15) is 0 Å². The van der Waals surface area contributed by atoms with Crippen LogP contribution in [0.4, 0.5) is 0 Å². The SMILES string of the molecule is O=C(O)c1ccccc1-c1cc2ccc(O)c(O)c2oc1=O. The Balaban J connectivity index is 2.34. The lowest BCUT2D eigenvalue weighted by molar-refractivity contribution is 0.0697. The summed E-state index contributed by atoms with van der Waals surface area (Å²) >= 11 is 0. The van der Waals surface area contributed by atoms with E-state index in [0.29, 0.717) is 5.39 Å². The van der Waals surface area contributed by atoms with Gasteiger partial charge in [0, 0.05) is 10.9 Å². The summed E-state index contributed by atoms with van der Waals surface area (Å²) in [4.78, 5) is 23.4. The van der Waals surface area contributed by atoms with Crippen LogP contribution in [0.2, 0.25) is 0 Å². The Bertz CT molecular complexity index is 954. The van der Waals surface area contributed by atoms with E-state index in [-0.39, 0.29) is 22.3 Å². The second kappa shape index (κ2) is 4.92. The molecule has 1 heterocycles. The minimum Gasteiger partial charge on any atom is -0.504 e. The monoisotopic (exact) mass is 298 g/mol. The van der Waals surface area contributed by atoms with Crippen LogP contribution >= 0.6 is 0 Å². The minimum absolute atomic E-state index is 0.0304. The van der Waals surface area contributed by atoms with Crippen molar-refractivity contribution in [3.63, 3.8) is 0 Å². The summed E-state index contributed by atoms with van der Waals surface area (Å²) in [7, 11) is 0. The quantitative estimate of drug-likeness (QED) is 0.495. The number of carboxylic acid groups (broad SMARTS) is 1. The average Bonchev–Trinajstić information content (AvgIpc) is 2.51. The van der Waals surface area contributed by atoms with E-state index in [1.54, 1.807) is 12.1 Å². The minimum atomic E-state index is -1.16. The predicted octanol–water partition coefficient (Wildman–Crippen LogP) is 2.57. The van der Waals surface area contributed by atoms with Crippen LogP contribution in [0.15, 0.2) is 51.7 Å². The van der Waals surface area contributed by atoms with E-state index in [1.165, 1.54) is 30.3 Å². The van der Waals surface area contributed by atoms with E-state index < -0.39 is 23.1 Å². The van der Waals surface area contributed by atoms with E-state index in [9.17, 15) is 24.9 Å². The molecule has 110 valence electrons. The van der Waals surface area contributed by atoms with Crippen molar-refractivity contribution in [3.05, 3.63) is 58.4 Å². The van der Waals surface area contributed by atoms with Gasteiger partial charge in [-0.2, -0.15) is 0 Å². The first-order valence-corrected chi connectivity index (χ1v) is 6.30. The zero-order chi connectivity index (χ0) is 15.9. The van der Waals surface area contributed by atoms with E-state index in [2.05, 4.69) is 0 Å². The zero-order valence-electron chi connectivity index (χ0n) is 11.1. The number of aromatic hydroxyl groups is 2. The first kappa shape index (κ1) is 13.7. The number of aromatic carboxylic acids is 1. The molecule has 0 unspecified atom stereocenters. The summed E-state index contributed by atoms with van der Waals surface area (Å²) in [6.45, 7) is 0. The largest absolute Gasteiger partial charge is 0.504 e. The first-order valence-electron chi connectivity index (χ1n) is 6.30. The highest BCUT2D eigenvalue weighted by atomic mass is 16.4. The lowest BCUT2D eigenvalue weighted by atomic mass is 10.00. The van der Waals surface area contributed by atoms with Crippen LogP contribution in [-0.4, -0.2) is 21.3 Å². The smallest absolute Gasteiger partial charge is 0.344 e. The molecule has 3 aromatic rings. The third-order valence-electron chi connectivity index (χ3n) is 3.30. The Morgan fingerprint density at radius 2 is 1.73 bits per heavy atom. The van der Waals surface area contributed by atoms with Crippen LogP contribution in [0.1, 0.15) is 10.4 Å². The molecule has 0 radical (unpaired) electrons. The summed E-state index contributed by atoms with van der Waals surface area (Å²) < 4.78 is 5.04. The van der Waals surface area contributed by atoms with Crippen LogP contribution in [-0.2, 0) is 0 Å². The van der Waals surface area contributed by atoms with Gasteiger partial charge in [0.05, 0.1) is 11.1 Å². The molecular weight excluding hydrogens is 288 g/mol. The van der Waals surface area contributed by atoms with Gasteiger partial charge in [0.25, 0.3) is 0 Å². The van der Waals surface area contributed by atoms with Crippen molar-refractivity contribution >= 4 is 16.9 Å². The number of carboxylic acids is 1. The van der Waals surface area contributed by atoms with Crippen molar-refractivity contribution in [3.8, 4) is 22.6 Å². The topological polar surface area (TPSA) is 108 Å². The lowest BCUT2D eigenvalue weighted by Gasteiger charge is -2.07. The van der Waals surface area contributed by atoms with Gasteiger partial charge in [0.2, 0.25) is 5.75 Å². The molecule has 0 saturated carbocycles. The molecule has 2 aromatic carbocycles. The maximum Gasteiger partial charge on any atom is 0.344 e. The fourth-order valence-corrected chi connectivity index (χ4v) is 2.25. The van der Waals surface area contributed by atoms with Gasteiger partial charge in [-0.15, -0.1) is 0 Å². The standard InChI is InChI=1S/C16H10O6/c17-12-6-5-8-7-11(16(21)22-14(8)13(12)18)9-3-1-2-4-10(9)15(19)20/h1-7,17-18H,(H,19,20). The van der Waals surface area contributed by atoms with Crippen LogP contribution in [0.25, 0.3) is 22.1 Å². The average molecular weight is 298 g/mol. The van der Waals surface area contributed by atoms with Gasteiger partial charge < -0.3 is 19.7 Å². The molecule has 0 amide bonds. The fourth-order valence-electron chi connectivity index (χ4n) is 2.25. The van der Waals surface area contributed by atoms with Crippen molar-refractivity contribution in [2.24, 2.45) is 0 Å². The van der Waals surface area contributed by atoms with Gasteiger partial charge in [0.15, 0.2) is 11.3 Å². The van der Waals surface area contributed by atoms with E-state index >= 15 is 0 Å². The molecule has 0 aliphatic carbocycles. The van der Waals surface area contributed by atoms with E-state index in [4.69, 9.17) is 4.42 Å². The molecule has 0 spiro atoms. The van der Waals surface area contributed by atoms with Crippen molar-refractivity contribution in [1.82, 2.24) is 0 Å². The number of phenolic OH excluding ortho intramolecular Hbond substituents is 2. The number of hydrogen-bond donors (Lipinski definition) is 3. The van der Waals surface area contributed by atoms with Crippen LogP contribution in [0.5, 0.6) is 11.5 Å². The molecule has 6 nitrogen and oxygen atoms in total. The molecule has 0 aliphatic rings. The third-order valence-corrected chi connectivity index (χ3v) is 3.30. The number of benzene rings is 2. The summed E-state index contributed by atoms with van der Waals surface area (Å²) in [5, 5.41) is 28.7. The fraction of sp³-hybridized carbons (Fsp3) is 0. The number of carbonyl (C=O) groups is 1. The number of hydrogen-bond acceptors (Lipinski definition) is 5. The van der Waals surface area contributed by atoms with Crippen LogP contribution < -0.4 is 5.63 Å². The van der Waals surface area contributed by atoms with Crippen molar-refractivity contribution in [1.29, 1.82) is 0 Å². The van der Waals surface area contributed by atoms with Gasteiger partial charge in [-0.05, 0) is 24.3 Å². The molecular formula is C16H10O6. The molecule has 1 aromatic heterocycles. The van der Waals surface area contributed by atoms with Crippen molar-refractivity contribution in [2.75, 3.05) is 0 Å². The maximum atomic E-state index is 12.1. The van der Waals surface area contributed by atoms with Gasteiger partial charge in [-0.3, -0.25) is 0 Å². The molecule has 0 saturated heterocycles. The summed E-state index contributed by atoms with van der Waals surface area (Å²) in [5.41, 5.74) is -0.699. The van der Waals surface area contributed by atoms with Gasteiger partial charge in [-0.1, -0.05) is 18.2 Å². The predicted molar refractivity (Wildman–Crippen MR) is 78.2 cm³/mol. The Labute approximate surface area is 123 Å². The highest BCUT2D eigenvalue weighted by molar-refractivity contribution is 5.97. The molecule has 6 heteroatoms. The van der Waals surface area contributed by atoms with Gasteiger partial charge in [-0.25, -0.2) is 9.59 Å². The Kier molecular flexibility index (Phi) is 3.06. The van der Waals surface area contributed by atoms with E-state index in [0.717, 1.165) is 0 Å². The summed E-state index contributed by atoms with van der Waals surface area (Å²) in [6, 6.07) is 10.2. The molecule has 3 N–H and O–H groups in total. The number of rotatable bonds is 2. The molecule has 0 atom stereocenters. The van der Waals surface area contributed by atoms with E-state index in [1.807, 2.05) is 0 Å². The normalized spacial score (nSPS) is 10.7. The molecule has 0 bridgehead atoms.